The maximum atomic E-state index is 11.8. The Kier molecular flexibility index (Phi) is 48.1. The topological polar surface area (TPSA) is 37.3 Å². The van der Waals surface area contributed by atoms with E-state index in [1.807, 2.05) is 0 Å². The highest BCUT2D eigenvalue weighted by Crippen LogP contribution is 2.21. The predicted octanol–water partition coefficient (Wildman–Crippen LogP) is 19.5. The summed E-state index contributed by atoms with van der Waals surface area (Å²) in [6.45, 7) is 4.60. The van der Waals surface area contributed by atoms with Crippen LogP contribution in [0.1, 0.15) is 322 Å². The van der Waals surface area contributed by atoms with Crippen LogP contribution in [-0.4, -0.2) is 11.1 Å². The quantitative estimate of drug-likeness (QED) is 0.0627. The Hall–Kier alpha value is -0.530. The lowest BCUT2D eigenvalue weighted by Crippen LogP contribution is -2.13. The maximum Gasteiger partial charge on any atom is 0.306 e. The molecular formula is C52H104O2. The summed E-state index contributed by atoms with van der Waals surface area (Å²) in [6.07, 6.45) is 66.5. The number of hydrogen-bond donors (Lipinski definition) is 1. The average Bonchev–Trinajstić information content (AvgIpc) is 3.17. The largest absolute Gasteiger partial charge is 0.481 e. The molecule has 1 unspecified atom stereocenters. The summed E-state index contributed by atoms with van der Waals surface area (Å²) in [6, 6.07) is 0. The van der Waals surface area contributed by atoms with Crippen LogP contribution in [0.15, 0.2) is 0 Å². The molecule has 0 amide bonds. The van der Waals surface area contributed by atoms with Gasteiger partial charge < -0.3 is 5.11 Å². The second-order valence-corrected chi connectivity index (χ2v) is 18.2. The Morgan fingerprint density at radius 3 is 0.519 bits per heavy atom. The highest BCUT2D eigenvalue weighted by atomic mass is 16.4. The van der Waals surface area contributed by atoms with Gasteiger partial charge in [0.25, 0.3) is 0 Å². The fourth-order valence-electron chi connectivity index (χ4n) is 8.74. The van der Waals surface area contributed by atoms with Crippen molar-refractivity contribution in [1.82, 2.24) is 0 Å². The lowest BCUT2D eigenvalue weighted by Gasteiger charge is -2.12. The molecule has 0 aliphatic rings. The Labute approximate surface area is 342 Å². The first kappa shape index (κ1) is 53.5. The molecule has 324 valence electrons. The lowest BCUT2D eigenvalue weighted by atomic mass is 9.94. The molecule has 0 fully saturated rings. The number of unbranched alkanes of at least 4 members (excludes halogenated alkanes) is 44. The van der Waals surface area contributed by atoms with E-state index in [9.17, 15) is 9.90 Å². The van der Waals surface area contributed by atoms with E-state index in [4.69, 9.17) is 0 Å². The molecule has 0 heterocycles. The van der Waals surface area contributed by atoms with Gasteiger partial charge in [0.2, 0.25) is 0 Å². The van der Waals surface area contributed by atoms with Crippen molar-refractivity contribution in [2.75, 3.05) is 0 Å². The molecule has 2 heteroatoms. The van der Waals surface area contributed by atoms with Crippen LogP contribution in [0.5, 0.6) is 0 Å². The normalized spacial score (nSPS) is 12.2. The summed E-state index contributed by atoms with van der Waals surface area (Å²) in [5.74, 6) is -0.651. The third-order valence-electron chi connectivity index (χ3n) is 12.7. The minimum absolute atomic E-state index is 0.102. The standard InChI is InChI=1S/C52H104O2/c1-3-5-7-9-11-13-15-17-19-21-23-24-25-26-27-28-29-30-31-32-34-36-38-40-42-44-46-48-50-51(52(53)54)49-47-45-43-41-39-37-35-33-22-20-18-16-14-12-10-8-6-4-2/h51H,3-50H2,1-2H3,(H,53,54). The molecule has 1 atom stereocenters. The molecule has 0 saturated heterocycles. The number of aliphatic carboxylic acids is 1. The van der Waals surface area contributed by atoms with Gasteiger partial charge in [0.15, 0.2) is 0 Å². The van der Waals surface area contributed by atoms with Crippen LogP contribution in [0.25, 0.3) is 0 Å². The fourth-order valence-corrected chi connectivity index (χ4v) is 8.74. The Morgan fingerprint density at radius 2 is 0.389 bits per heavy atom. The number of carboxylic acids is 1. The summed E-state index contributed by atoms with van der Waals surface area (Å²) < 4.78 is 0. The third-order valence-corrected chi connectivity index (χ3v) is 12.7. The SMILES string of the molecule is CCCCCCCCCCCCCCCCCCCCCCCCCCCCCCC(CCCCCCCCCCCCCCCCCCCC)C(=O)O. The van der Waals surface area contributed by atoms with Gasteiger partial charge in [-0.3, -0.25) is 4.79 Å². The molecule has 0 aromatic rings. The summed E-state index contributed by atoms with van der Waals surface area (Å²) in [5, 5.41) is 9.72. The van der Waals surface area contributed by atoms with Crippen LogP contribution < -0.4 is 0 Å². The molecule has 0 aromatic carbocycles. The van der Waals surface area contributed by atoms with Crippen LogP contribution in [0.3, 0.4) is 0 Å². The Morgan fingerprint density at radius 1 is 0.259 bits per heavy atom. The first-order valence-corrected chi connectivity index (χ1v) is 25.9. The van der Waals surface area contributed by atoms with Gasteiger partial charge in [0.1, 0.15) is 0 Å². The van der Waals surface area contributed by atoms with Crippen molar-refractivity contribution in [2.24, 2.45) is 5.92 Å². The van der Waals surface area contributed by atoms with Crippen molar-refractivity contribution in [3.63, 3.8) is 0 Å². The molecule has 0 spiro atoms. The van der Waals surface area contributed by atoms with Crippen LogP contribution >= 0.6 is 0 Å². The van der Waals surface area contributed by atoms with Crippen molar-refractivity contribution in [3.8, 4) is 0 Å². The molecule has 0 radical (unpaired) electrons. The van der Waals surface area contributed by atoms with Crippen LogP contribution in [0.4, 0.5) is 0 Å². The molecule has 0 rings (SSSR count). The maximum absolute atomic E-state index is 11.8. The van der Waals surface area contributed by atoms with Crippen LogP contribution in [0.2, 0.25) is 0 Å². The first-order chi connectivity index (χ1) is 26.7. The molecular weight excluding hydrogens is 657 g/mol. The molecule has 0 aliphatic carbocycles. The minimum Gasteiger partial charge on any atom is -0.481 e. The van der Waals surface area contributed by atoms with Crippen molar-refractivity contribution < 1.29 is 9.90 Å². The molecule has 0 aromatic heterocycles. The van der Waals surface area contributed by atoms with Crippen molar-refractivity contribution in [3.05, 3.63) is 0 Å². The number of rotatable bonds is 49. The zero-order chi connectivity index (χ0) is 39.1. The third kappa shape index (κ3) is 45.9. The molecule has 0 bridgehead atoms. The molecule has 2 nitrogen and oxygen atoms in total. The number of hydrogen-bond acceptors (Lipinski definition) is 1. The summed E-state index contributed by atoms with van der Waals surface area (Å²) in [4.78, 5) is 11.8. The van der Waals surface area contributed by atoms with E-state index >= 15 is 0 Å². The van der Waals surface area contributed by atoms with Gasteiger partial charge in [-0.25, -0.2) is 0 Å². The highest BCUT2D eigenvalue weighted by molar-refractivity contribution is 5.69. The molecule has 0 aliphatic heterocycles. The van der Waals surface area contributed by atoms with Crippen molar-refractivity contribution in [1.29, 1.82) is 0 Å². The van der Waals surface area contributed by atoms with Crippen LogP contribution in [-0.2, 0) is 4.79 Å². The van der Waals surface area contributed by atoms with E-state index in [0.29, 0.717) is 0 Å². The van der Waals surface area contributed by atoms with E-state index in [2.05, 4.69) is 13.8 Å². The molecule has 1 N–H and O–H groups in total. The summed E-state index contributed by atoms with van der Waals surface area (Å²) in [5.41, 5.74) is 0. The van der Waals surface area contributed by atoms with Crippen LogP contribution in [0, 0.1) is 5.92 Å². The van der Waals surface area contributed by atoms with E-state index in [0.717, 1.165) is 25.7 Å². The van der Waals surface area contributed by atoms with E-state index in [-0.39, 0.29) is 5.92 Å². The summed E-state index contributed by atoms with van der Waals surface area (Å²) >= 11 is 0. The minimum atomic E-state index is -0.549. The van der Waals surface area contributed by atoms with E-state index < -0.39 is 5.97 Å². The van der Waals surface area contributed by atoms with Crippen molar-refractivity contribution in [2.45, 2.75) is 322 Å². The molecule has 0 saturated carbocycles. The summed E-state index contributed by atoms with van der Waals surface area (Å²) in [7, 11) is 0. The van der Waals surface area contributed by atoms with Gasteiger partial charge in [-0.1, -0.05) is 309 Å². The highest BCUT2D eigenvalue weighted by Gasteiger charge is 2.16. The second-order valence-electron chi connectivity index (χ2n) is 18.2. The zero-order valence-electron chi connectivity index (χ0n) is 37.9. The Bertz CT molecular complexity index is 673. The smallest absolute Gasteiger partial charge is 0.306 e. The van der Waals surface area contributed by atoms with Crippen molar-refractivity contribution >= 4 is 5.97 Å². The Balaban J connectivity index is 3.30. The predicted molar refractivity (Wildman–Crippen MR) is 244 cm³/mol. The molecule has 54 heavy (non-hydrogen) atoms. The fraction of sp³-hybridized carbons (Fsp3) is 0.981. The number of carbonyl (C=O) groups is 1. The lowest BCUT2D eigenvalue weighted by molar-refractivity contribution is -0.142. The van der Waals surface area contributed by atoms with Gasteiger partial charge >= 0.3 is 5.97 Å². The van der Waals surface area contributed by atoms with Gasteiger partial charge in [-0.05, 0) is 12.8 Å². The first-order valence-electron chi connectivity index (χ1n) is 25.9. The monoisotopic (exact) mass is 761 g/mol. The van der Waals surface area contributed by atoms with Gasteiger partial charge in [0.05, 0.1) is 5.92 Å². The van der Waals surface area contributed by atoms with Gasteiger partial charge in [-0.2, -0.15) is 0 Å². The van der Waals surface area contributed by atoms with E-state index in [1.165, 1.54) is 283 Å². The zero-order valence-corrected chi connectivity index (χ0v) is 37.9. The van der Waals surface area contributed by atoms with Gasteiger partial charge in [0, 0.05) is 0 Å². The second kappa shape index (κ2) is 48.6. The van der Waals surface area contributed by atoms with Gasteiger partial charge in [-0.15, -0.1) is 0 Å². The number of carboxylic acid groups (broad SMARTS) is 1. The average molecular weight is 761 g/mol. The van der Waals surface area contributed by atoms with E-state index in [1.54, 1.807) is 0 Å².